The fourth-order valence-corrected chi connectivity index (χ4v) is 12.6. The highest BCUT2D eigenvalue weighted by molar-refractivity contribution is 7.04. The molecule has 3 nitrogen and oxygen atoms in total. The van der Waals surface area contributed by atoms with Crippen LogP contribution in [0.3, 0.4) is 0 Å². The van der Waals surface area contributed by atoms with Crippen molar-refractivity contribution in [2.45, 2.75) is 13.1 Å². The Labute approximate surface area is 272 Å². The monoisotopic (exact) mass is 614 g/mol. The van der Waals surface area contributed by atoms with Gasteiger partial charge in [0.15, 0.2) is 0 Å². The van der Waals surface area contributed by atoms with Crippen LogP contribution in [0.1, 0.15) is 0 Å². The van der Waals surface area contributed by atoms with Gasteiger partial charge in [0, 0.05) is 44.1 Å². The second kappa shape index (κ2) is 8.06. The Hall–Kier alpha value is -5.52. The zero-order valence-corrected chi connectivity index (χ0v) is 27.0. The first-order valence-electron chi connectivity index (χ1n) is 16.6. The van der Waals surface area contributed by atoms with Crippen molar-refractivity contribution >= 4 is 108 Å². The van der Waals surface area contributed by atoms with E-state index in [1.807, 2.05) is 0 Å². The van der Waals surface area contributed by atoms with Crippen LogP contribution in [0, 0.1) is 0 Å². The molecule has 0 unspecified atom stereocenters. The molecule has 218 valence electrons. The molecule has 0 saturated carbocycles. The van der Waals surface area contributed by atoms with E-state index in [0.29, 0.717) is 0 Å². The van der Waals surface area contributed by atoms with Crippen LogP contribution in [0.15, 0.2) is 132 Å². The SMILES string of the molecule is C[Si]1(C)c2ccccc2N2c3c(cccc31)B1c3c(cc4oc5ccccc5c4c32)-c2cccc3c4c5ccccc5ccc4n1c23. The van der Waals surface area contributed by atoms with Gasteiger partial charge in [0.1, 0.15) is 19.2 Å². The first-order chi connectivity index (χ1) is 23.1. The van der Waals surface area contributed by atoms with E-state index in [2.05, 4.69) is 150 Å². The Balaban J connectivity index is 1.36. The molecule has 5 heterocycles. The maximum absolute atomic E-state index is 6.75. The third kappa shape index (κ3) is 2.72. The smallest absolute Gasteiger partial charge is 0.333 e. The highest BCUT2D eigenvalue weighted by atomic mass is 28.3. The van der Waals surface area contributed by atoms with Crippen LogP contribution >= 0.6 is 0 Å². The Kier molecular flexibility index (Phi) is 4.23. The van der Waals surface area contributed by atoms with Gasteiger partial charge in [-0.1, -0.05) is 116 Å². The number of fused-ring (bicyclic) bond motifs is 15. The lowest BCUT2D eigenvalue weighted by Crippen LogP contribution is -2.65. The fourth-order valence-electron chi connectivity index (χ4n) is 9.62. The normalized spacial score (nSPS) is 15.1. The molecule has 9 aromatic rings. The summed E-state index contributed by atoms with van der Waals surface area (Å²) in [7, 11) is -2.03. The maximum Gasteiger partial charge on any atom is 0.333 e. The van der Waals surface area contributed by atoms with E-state index in [0.717, 1.165) is 11.2 Å². The molecular weight excluding hydrogens is 587 g/mol. The molecule has 0 saturated heterocycles. The lowest BCUT2D eigenvalue weighted by Gasteiger charge is -2.47. The number of para-hydroxylation sites is 4. The number of hydrogen-bond donors (Lipinski definition) is 0. The van der Waals surface area contributed by atoms with Gasteiger partial charge in [-0.2, -0.15) is 0 Å². The highest BCUT2D eigenvalue weighted by Crippen LogP contribution is 2.50. The van der Waals surface area contributed by atoms with Crippen molar-refractivity contribution in [3.8, 4) is 11.1 Å². The standard InChI is InChI=1S/C42H27BN2OSi/c1-47(2)35-19-8-6-17-31(35)44-41-30(16-10-20-36(41)47)43-39-29(23-34-38(42(39)44)27-13-5-7-18-33(27)46-34)26-14-9-15-28-37-25-12-4-3-11-24(25)21-22-32(37)45(43)40(26)28/h3-23H,1-2H3. The van der Waals surface area contributed by atoms with Gasteiger partial charge in [-0.05, 0) is 61.9 Å². The van der Waals surface area contributed by atoms with E-state index in [1.165, 1.54) is 92.8 Å². The Bertz CT molecular complexity index is 2910. The largest absolute Gasteiger partial charge is 0.456 e. The van der Waals surface area contributed by atoms with E-state index >= 15 is 0 Å². The Morgan fingerprint density at radius 3 is 2.30 bits per heavy atom. The molecule has 47 heavy (non-hydrogen) atoms. The van der Waals surface area contributed by atoms with Crippen LogP contribution < -0.4 is 26.2 Å². The molecule has 5 heteroatoms. The number of benzene rings is 7. The summed E-state index contributed by atoms with van der Waals surface area (Å²) in [4.78, 5) is 2.63. The molecule has 3 aliphatic heterocycles. The van der Waals surface area contributed by atoms with Crippen molar-refractivity contribution in [3.05, 3.63) is 127 Å². The number of furan rings is 1. The molecule has 2 aromatic heterocycles. The van der Waals surface area contributed by atoms with E-state index in [-0.39, 0.29) is 6.85 Å². The average Bonchev–Trinajstić information content (AvgIpc) is 3.65. The summed E-state index contributed by atoms with van der Waals surface area (Å²) in [5, 5.41) is 10.6. The second-order valence-electron chi connectivity index (χ2n) is 14.0. The first kappa shape index (κ1) is 24.7. The van der Waals surface area contributed by atoms with Crippen LogP contribution in [0.2, 0.25) is 13.1 Å². The Morgan fingerprint density at radius 2 is 1.36 bits per heavy atom. The molecule has 0 aliphatic carbocycles. The summed E-state index contributed by atoms with van der Waals surface area (Å²) in [6.45, 7) is 5.08. The first-order valence-corrected chi connectivity index (χ1v) is 19.6. The second-order valence-corrected chi connectivity index (χ2v) is 18.4. The number of rotatable bonds is 0. The summed E-state index contributed by atoms with van der Waals surface area (Å²) in [5.41, 5.74) is 13.8. The Morgan fingerprint density at radius 1 is 0.596 bits per heavy atom. The van der Waals surface area contributed by atoms with Gasteiger partial charge < -0.3 is 13.8 Å². The van der Waals surface area contributed by atoms with Crippen LogP contribution in [-0.4, -0.2) is 19.4 Å². The minimum Gasteiger partial charge on any atom is -0.456 e. The average molecular weight is 615 g/mol. The summed E-state index contributed by atoms with van der Waals surface area (Å²) in [6, 6.07) is 47.7. The van der Waals surface area contributed by atoms with Crippen molar-refractivity contribution in [2.24, 2.45) is 0 Å². The van der Waals surface area contributed by atoms with E-state index in [9.17, 15) is 0 Å². The molecular formula is C42H27BN2OSi. The molecule has 7 aromatic carbocycles. The van der Waals surface area contributed by atoms with Crippen molar-refractivity contribution in [1.29, 1.82) is 0 Å². The molecule has 0 radical (unpaired) electrons. The molecule has 0 bridgehead atoms. The summed E-state index contributed by atoms with van der Waals surface area (Å²) >= 11 is 0. The summed E-state index contributed by atoms with van der Waals surface area (Å²) in [5.74, 6) is 0. The van der Waals surface area contributed by atoms with Gasteiger partial charge in [0.2, 0.25) is 0 Å². The van der Waals surface area contributed by atoms with E-state index in [4.69, 9.17) is 4.42 Å². The zero-order valence-electron chi connectivity index (χ0n) is 26.0. The number of hydrogen-bond acceptors (Lipinski definition) is 2. The topological polar surface area (TPSA) is 21.3 Å². The molecule has 0 N–H and O–H groups in total. The molecule has 3 aliphatic rings. The minimum absolute atomic E-state index is 0.0235. The predicted octanol–water partition coefficient (Wildman–Crippen LogP) is 8.40. The fraction of sp³-hybridized carbons (Fsp3) is 0.0476. The van der Waals surface area contributed by atoms with Gasteiger partial charge >= 0.3 is 6.85 Å². The molecule has 0 amide bonds. The zero-order chi connectivity index (χ0) is 30.8. The molecule has 0 fully saturated rings. The van der Waals surface area contributed by atoms with Crippen molar-refractivity contribution in [2.75, 3.05) is 4.90 Å². The van der Waals surface area contributed by atoms with Gasteiger partial charge in [-0.25, -0.2) is 0 Å². The maximum atomic E-state index is 6.75. The third-order valence-corrected chi connectivity index (χ3v) is 15.0. The number of nitrogens with zero attached hydrogens (tertiary/aromatic N) is 2. The summed E-state index contributed by atoms with van der Waals surface area (Å²) in [6.07, 6.45) is 0. The van der Waals surface area contributed by atoms with E-state index in [1.54, 1.807) is 0 Å². The van der Waals surface area contributed by atoms with Gasteiger partial charge in [0.05, 0.1) is 11.1 Å². The minimum atomic E-state index is -2.03. The lowest BCUT2D eigenvalue weighted by molar-refractivity contribution is 0.669. The lowest BCUT2D eigenvalue weighted by atomic mass is 9.45. The van der Waals surface area contributed by atoms with Gasteiger partial charge in [-0.3, -0.25) is 0 Å². The van der Waals surface area contributed by atoms with Crippen molar-refractivity contribution in [3.63, 3.8) is 0 Å². The summed E-state index contributed by atoms with van der Waals surface area (Å²) < 4.78 is 9.44. The van der Waals surface area contributed by atoms with Crippen LogP contribution in [0.5, 0.6) is 0 Å². The van der Waals surface area contributed by atoms with Crippen LogP contribution in [0.4, 0.5) is 17.1 Å². The number of anilines is 3. The molecule has 0 atom stereocenters. The highest BCUT2D eigenvalue weighted by Gasteiger charge is 2.49. The van der Waals surface area contributed by atoms with Crippen molar-refractivity contribution in [1.82, 2.24) is 4.48 Å². The van der Waals surface area contributed by atoms with Crippen molar-refractivity contribution < 1.29 is 4.42 Å². The van der Waals surface area contributed by atoms with Gasteiger partial charge in [0.25, 0.3) is 0 Å². The van der Waals surface area contributed by atoms with Crippen LogP contribution in [-0.2, 0) is 0 Å². The van der Waals surface area contributed by atoms with Crippen LogP contribution in [0.25, 0.3) is 65.6 Å². The van der Waals surface area contributed by atoms with E-state index < -0.39 is 8.07 Å². The number of aromatic nitrogens is 1. The third-order valence-electron chi connectivity index (χ3n) is 11.5. The quantitative estimate of drug-likeness (QED) is 0.160. The molecule has 12 rings (SSSR count). The molecule has 0 spiro atoms. The van der Waals surface area contributed by atoms with Gasteiger partial charge in [-0.15, -0.1) is 0 Å². The predicted molar refractivity (Wildman–Crippen MR) is 202 cm³/mol.